The minimum absolute atomic E-state index is 0.0717. The van der Waals surface area contributed by atoms with Gasteiger partial charge in [0.15, 0.2) is 0 Å². The van der Waals surface area contributed by atoms with Gasteiger partial charge < -0.3 is 10.8 Å². The van der Waals surface area contributed by atoms with Crippen LogP contribution in [0.5, 0.6) is 0 Å². The average molecular weight is 250 g/mol. The summed E-state index contributed by atoms with van der Waals surface area (Å²) in [5.41, 5.74) is 4.44. The summed E-state index contributed by atoms with van der Waals surface area (Å²) in [4.78, 5) is 13.0. The Labute approximate surface area is 101 Å². The Balaban J connectivity index is 2.40. The predicted molar refractivity (Wildman–Crippen MR) is 63.5 cm³/mol. The quantitative estimate of drug-likeness (QED) is 0.484. The highest BCUT2D eigenvalue weighted by molar-refractivity contribution is 6.20. The van der Waals surface area contributed by atoms with Gasteiger partial charge in [-0.1, -0.05) is 0 Å². The van der Waals surface area contributed by atoms with Crippen LogP contribution in [0.1, 0.15) is 20.3 Å². The second-order valence-electron chi connectivity index (χ2n) is 4.77. The molecule has 16 heavy (non-hydrogen) atoms. The number of nitrogens with one attached hydrogen (secondary N) is 1. The van der Waals surface area contributed by atoms with E-state index in [-0.39, 0.29) is 5.50 Å². The van der Waals surface area contributed by atoms with E-state index in [9.17, 15) is 4.79 Å². The van der Waals surface area contributed by atoms with E-state index >= 15 is 0 Å². The van der Waals surface area contributed by atoms with Crippen LogP contribution in [0.3, 0.4) is 0 Å². The highest BCUT2D eigenvalue weighted by Gasteiger charge is 2.30. The molecule has 5 nitrogen and oxygen atoms in total. The fourth-order valence-corrected chi connectivity index (χ4v) is 2.19. The van der Waals surface area contributed by atoms with Crippen LogP contribution in [0.15, 0.2) is 0 Å². The van der Waals surface area contributed by atoms with Gasteiger partial charge in [-0.2, -0.15) is 0 Å². The molecule has 0 aromatic carbocycles. The Kier molecular flexibility index (Phi) is 4.55. The minimum atomic E-state index is -1.16. The van der Waals surface area contributed by atoms with Crippen molar-refractivity contribution in [1.82, 2.24) is 10.2 Å². The first kappa shape index (κ1) is 13.7. The van der Waals surface area contributed by atoms with E-state index in [0.29, 0.717) is 19.0 Å². The van der Waals surface area contributed by atoms with Crippen molar-refractivity contribution in [2.75, 3.05) is 19.6 Å². The molecule has 0 bridgehead atoms. The van der Waals surface area contributed by atoms with E-state index in [4.69, 9.17) is 22.4 Å². The fraction of sp³-hybridized carbons (Fsp3) is 0.900. The Morgan fingerprint density at radius 2 is 2.31 bits per heavy atom. The summed E-state index contributed by atoms with van der Waals surface area (Å²) in [5, 5.41) is 12.1. The highest BCUT2D eigenvalue weighted by atomic mass is 35.5. The van der Waals surface area contributed by atoms with Crippen LogP contribution in [0.2, 0.25) is 0 Å². The molecule has 1 heterocycles. The molecule has 0 radical (unpaired) electrons. The number of carboxylic acids is 1. The predicted octanol–water partition coefficient (Wildman–Crippen LogP) is 0.0371. The molecule has 1 fully saturated rings. The van der Waals surface area contributed by atoms with Crippen molar-refractivity contribution in [2.45, 2.75) is 37.4 Å². The van der Waals surface area contributed by atoms with Crippen LogP contribution in [0, 0.1) is 0 Å². The molecule has 3 atom stereocenters. The summed E-state index contributed by atoms with van der Waals surface area (Å²) < 4.78 is 0. The van der Waals surface area contributed by atoms with Gasteiger partial charge in [-0.15, -0.1) is 11.6 Å². The lowest BCUT2D eigenvalue weighted by atomic mass is 9.99. The van der Waals surface area contributed by atoms with Gasteiger partial charge in [0.25, 0.3) is 0 Å². The smallest absolute Gasteiger partial charge is 0.323 e. The van der Waals surface area contributed by atoms with Gasteiger partial charge in [0.05, 0.1) is 5.50 Å². The third-order valence-corrected chi connectivity index (χ3v) is 3.12. The lowest BCUT2D eigenvalue weighted by Gasteiger charge is -2.36. The first-order chi connectivity index (χ1) is 7.31. The van der Waals surface area contributed by atoms with Crippen molar-refractivity contribution < 1.29 is 9.90 Å². The third kappa shape index (κ3) is 3.90. The monoisotopic (exact) mass is 249 g/mol. The summed E-state index contributed by atoms with van der Waals surface area (Å²) in [6, 6.07) is 0.324. The molecule has 6 heteroatoms. The molecule has 1 rings (SSSR count). The molecule has 94 valence electrons. The molecule has 1 aliphatic rings. The number of nitrogens with zero attached hydrogens (tertiary/aromatic N) is 1. The lowest BCUT2D eigenvalue weighted by Crippen LogP contribution is -2.55. The molecule has 1 unspecified atom stereocenters. The van der Waals surface area contributed by atoms with Gasteiger partial charge in [0.2, 0.25) is 0 Å². The van der Waals surface area contributed by atoms with E-state index in [1.807, 2.05) is 0 Å². The number of piperazine rings is 1. The zero-order valence-corrected chi connectivity index (χ0v) is 10.5. The van der Waals surface area contributed by atoms with E-state index in [1.165, 1.54) is 0 Å². The number of rotatable bonds is 4. The molecular formula is C10H20ClN3O2. The number of halogens is 1. The second-order valence-corrected chi connectivity index (χ2v) is 5.29. The van der Waals surface area contributed by atoms with E-state index < -0.39 is 11.5 Å². The maximum atomic E-state index is 10.8. The van der Waals surface area contributed by atoms with Crippen molar-refractivity contribution in [1.29, 1.82) is 0 Å². The maximum absolute atomic E-state index is 10.8. The minimum Gasteiger partial charge on any atom is -0.480 e. The summed E-state index contributed by atoms with van der Waals surface area (Å²) in [5.74, 6) is -0.960. The third-order valence-electron chi connectivity index (χ3n) is 2.85. The van der Waals surface area contributed by atoms with Crippen molar-refractivity contribution in [3.05, 3.63) is 0 Å². The number of carboxylic acid groups (broad SMARTS) is 1. The molecule has 0 aromatic rings. The molecule has 1 saturated heterocycles. The number of nitrogens with two attached hydrogens (primary N) is 1. The van der Waals surface area contributed by atoms with Crippen molar-refractivity contribution >= 4 is 17.6 Å². The first-order valence-corrected chi connectivity index (χ1v) is 5.89. The SMILES string of the molecule is C[C@H]1CN(CC[C@](C)(N)C(=O)O)CC(Cl)N1. The maximum Gasteiger partial charge on any atom is 0.323 e. The van der Waals surface area contributed by atoms with Gasteiger partial charge in [0, 0.05) is 25.7 Å². The summed E-state index contributed by atoms with van der Waals surface area (Å²) in [6.45, 7) is 5.86. The van der Waals surface area contributed by atoms with Gasteiger partial charge >= 0.3 is 5.97 Å². The van der Waals surface area contributed by atoms with Crippen LogP contribution >= 0.6 is 11.6 Å². The van der Waals surface area contributed by atoms with E-state index in [0.717, 1.165) is 13.1 Å². The van der Waals surface area contributed by atoms with Gasteiger partial charge in [0.1, 0.15) is 5.54 Å². The first-order valence-electron chi connectivity index (χ1n) is 5.46. The molecule has 0 saturated carbocycles. The van der Waals surface area contributed by atoms with Gasteiger partial charge in [-0.3, -0.25) is 15.0 Å². The van der Waals surface area contributed by atoms with Crippen LogP contribution in [0.4, 0.5) is 0 Å². The standard InChI is InChI=1S/C10H20ClN3O2/c1-7-5-14(6-8(11)13-7)4-3-10(2,12)9(15)16/h7-8,13H,3-6,12H2,1-2H3,(H,15,16)/t7-,8?,10-/m0/s1. The zero-order chi connectivity index (χ0) is 12.3. The Bertz CT molecular complexity index is 250. The summed E-state index contributed by atoms with van der Waals surface area (Å²) in [6.07, 6.45) is 0.429. The van der Waals surface area contributed by atoms with Crippen LogP contribution < -0.4 is 11.1 Å². The summed E-state index contributed by atoms with van der Waals surface area (Å²) in [7, 11) is 0. The molecule has 0 aromatic heterocycles. The molecule has 1 aliphatic heterocycles. The van der Waals surface area contributed by atoms with Gasteiger partial charge in [-0.25, -0.2) is 0 Å². The number of hydrogen-bond acceptors (Lipinski definition) is 4. The average Bonchev–Trinajstić information content (AvgIpc) is 2.13. The Hall–Kier alpha value is -0.360. The molecular weight excluding hydrogens is 230 g/mol. The Morgan fingerprint density at radius 1 is 1.69 bits per heavy atom. The summed E-state index contributed by atoms with van der Waals surface area (Å²) >= 11 is 6.02. The van der Waals surface area contributed by atoms with Gasteiger partial charge in [-0.05, 0) is 20.3 Å². The highest BCUT2D eigenvalue weighted by Crippen LogP contribution is 2.12. The number of hydrogen-bond donors (Lipinski definition) is 3. The second kappa shape index (κ2) is 5.31. The number of carbonyl (C=O) groups is 1. The molecule has 0 amide bonds. The lowest BCUT2D eigenvalue weighted by molar-refractivity contribution is -0.143. The number of aliphatic carboxylic acids is 1. The fourth-order valence-electron chi connectivity index (χ4n) is 1.78. The van der Waals surface area contributed by atoms with E-state index in [1.54, 1.807) is 6.92 Å². The van der Waals surface area contributed by atoms with Crippen LogP contribution in [-0.2, 0) is 4.79 Å². The van der Waals surface area contributed by atoms with Crippen molar-refractivity contribution in [2.24, 2.45) is 5.73 Å². The van der Waals surface area contributed by atoms with Crippen LogP contribution in [0.25, 0.3) is 0 Å². The topological polar surface area (TPSA) is 78.6 Å². The molecule has 4 N–H and O–H groups in total. The normalized spacial score (nSPS) is 31.0. The Morgan fingerprint density at radius 3 is 2.81 bits per heavy atom. The number of alkyl halides is 1. The molecule has 0 spiro atoms. The molecule has 0 aliphatic carbocycles. The van der Waals surface area contributed by atoms with Crippen molar-refractivity contribution in [3.8, 4) is 0 Å². The largest absolute Gasteiger partial charge is 0.480 e. The zero-order valence-electron chi connectivity index (χ0n) is 9.74. The van der Waals surface area contributed by atoms with Crippen LogP contribution in [-0.4, -0.2) is 52.7 Å². The van der Waals surface area contributed by atoms with Crippen molar-refractivity contribution in [3.63, 3.8) is 0 Å². The van der Waals surface area contributed by atoms with E-state index in [2.05, 4.69) is 17.1 Å².